The highest BCUT2D eigenvalue weighted by molar-refractivity contribution is 6.80. The molecule has 0 aromatic rings. The first-order valence-electron chi connectivity index (χ1n) is 18.3. The molecular weight excluding hydrogens is 574 g/mol. The van der Waals surface area contributed by atoms with Gasteiger partial charge in [0.1, 0.15) is 0 Å². The fourth-order valence-corrected chi connectivity index (χ4v) is 20.7. The van der Waals surface area contributed by atoms with Gasteiger partial charge in [0.15, 0.2) is 0 Å². The number of fused-ring (bicyclic) bond motifs is 2. The normalized spacial score (nSPS) is 48.1. The van der Waals surface area contributed by atoms with E-state index in [2.05, 4.69) is 26.9 Å². The first-order valence-corrected chi connectivity index (χ1v) is 21.5. The van der Waals surface area contributed by atoms with Crippen molar-refractivity contribution in [1.82, 2.24) is 0 Å². The van der Waals surface area contributed by atoms with Crippen molar-refractivity contribution >= 4 is 8.07 Å². The maximum Gasteiger partial charge on any atom is 0.391 e. The van der Waals surface area contributed by atoms with Crippen LogP contribution in [0, 0.1) is 71.0 Å². The summed E-state index contributed by atoms with van der Waals surface area (Å²) in [5.74, 6) is 4.45. The Kier molecular flexibility index (Phi) is 9.22. The minimum Gasteiger partial charge on any atom is -0.171 e. The Morgan fingerprint density at radius 1 is 0.442 bits per heavy atom. The molecule has 248 valence electrons. The van der Waals surface area contributed by atoms with Gasteiger partial charge in [-0.15, -0.1) is 0 Å². The van der Waals surface area contributed by atoms with E-state index in [-0.39, 0.29) is 0 Å². The van der Waals surface area contributed by atoms with Crippen LogP contribution in [-0.2, 0) is 0 Å². The van der Waals surface area contributed by atoms with Crippen LogP contribution in [0.1, 0.15) is 117 Å². The van der Waals surface area contributed by atoms with Gasteiger partial charge >= 0.3 is 12.4 Å². The van der Waals surface area contributed by atoms with Gasteiger partial charge in [0.05, 0.1) is 19.9 Å². The summed E-state index contributed by atoms with van der Waals surface area (Å²) in [4.78, 5) is 0. The van der Waals surface area contributed by atoms with Crippen molar-refractivity contribution < 1.29 is 26.3 Å². The third kappa shape index (κ3) is 6.14. The maximum absolute atomic E-state index is 13.4. The van der Waals surface area contributed by atoms with Crippen molar-refractivity contribution in [3.05, 3.63) is 0 Å². The highest BCUT2D eigenvalue weighted by Gasteiger charge is 2.60. The van der Waals surface area contributed by atoms with E-state index >= 15 is 0 Å². The Balaban J connectivity index is 1.15. The molecule has 6 fully saturated rings. The predicted octanol–water partition coefficient (Wildman–Crippen LogP) is 12.3. The highest BCUT2D eigenvalue weighted by atomic mass is 28.3. The molecule has 0 saturated heterocycles. The van der Waals surface area contributed by atoms with Gasteiger partial charge in [0.2, 0.25) is 0 Å². The van der Waals surface area contributed by atoms with E-state index in [0.29, 0.717) is 73.0 Å². The minimum atomic E-state index is -4.03. The molecule has 7 heteroatoms. The smallest absolute Gasteiger partial charge is 0.171 e. The SMILES string of the molecule is CC1CC2C(C3CCC(C(F)(F)F)CC3)CCCC2C1[Si](C)(C)C1C(C)CC2C(C3CCC(C(F)(F)F)CC3)CCCC21. The number of rotatable bonds is 4. The van der Waals surface area contributed by atoms with Crippen molar-refractivity contribution in [2.75, 3.05) is 0 Å². The molecule has 43 heavy (non-hydrogen) atoms. The lowest BCUT2D eigenvalue weighted by atomic mass is 9.64. The lowest BCUT2D eigenvalue weighted by molar-refractivity contribution is -0.186. The van der Waals surface area contributed by atoms with Gasteiger partial charge in [-0.1, -0.05) is 52.6 Å². The Bertz CT molecular complexity index is 868. The molecule has 0 amide bonds. The third-order valence-electron chi connectivity index (χ3n) is 15.2. The summed E-state index contributed by atoms with van der Waals surface area (Å²) in [6.07, 6.45) is 6.57. The molecule has 0 nitrogen and oxygen atoms in total. The number of halogens is 6. The molecule has 0 aliphatic heterocycles. The van der Waals surface area contributed by atoms with Crippen LogP contribution in [0.3, 0.4) is 0 Å². The van der Waals surface area contributed by atoms with Crippen LogP contribution >= 0.6 is 0 Å². The molecule has 6 aliphatic rings. The van der Waals surface area contributed by atoms with Gasteiger partial charge in [-0.2, -0.15) is 26.3 Å². The monoisotopic (exact) mass is 632 g/mol. The van der Waals surface area contributed by atoms with E-state index in [4.69, 9.17) is 0 Å². The maximum atomic E-state index is 13.4. The first-order chi connectivity index (χ1) is 20.2. The molecular formula is C36H58F6Si. The second kappa shape index (κ2) is 12.1. The standard InChI is InChI=1S/C36H58F6Si/c1-21-19-31-27(23-11-15-25(16-12-23)35(37,38)39)7-5-9-29(31)33(21)43(3,4)34-22(2)20-32-28(8-6-10-30(32)34)24-13-17-26(18-14-24)36(40,41)42/h21-34H,5-20H2,1-4H3. The zero-order valence-corrected chi connectivity index (χ0v) is 28.2. The average molecular weight is 633 g/mol. The van der Waals surface area contributed by atoms with Gasteiger partial charge in [-0.3, -0.25) is 0 Å². The average Bonchev–Trinajstić information content (AvgIpc) is 3.48. The molecule has 6 aliphatic carbocycles. The second-order valence-electron chi connectivity index (χ2n) is 17.5. The lowest BCUT2D eigenvalue weighted by Gasteiger charge is -2.50. The molecule has 10 atom stereocenters. The molecule has 0 aromatic heterocycles. The molecule has 10 unspecified atom stereocenters. The van der Waals surface area contributed by atoms with E-state index in [1.807, 2.05) is 0 Å². The van der Waals surface area contributed by atoms with Gasteiger partial charge in [0, 0.05) is 0 Å². The summed E-state index contributed by atoms with van der Waals surface area (Å²) in [5.41, 5.74) is 1.61. The highest BCUT2D eigenvalue weighted by Crippen LogP contribution is 2.67. The molecule has 0 N–H and O–H groups in total. The van der Waals surface area contributed by atoms with Gasteiger partial charge < -0.3 is 0 Å². The quantitative estimate of drug-likeness (QED) is 0.214. The largest absolute Gasteiger partial charge is 0.391 e. The Morgan fingerprint density at radius 3 is 1.09 bits per heavy atom. The molecule has 0 radical (unpaired) electrons. The van der Waals surface area contributed by atoms with Crippen LogP contribution < -0.4 is 0 Å². The fraction of sp³-hybridized carbons (Fsp3) is 1.00. The molecule has 6 rings (SSSR count). The summed E-state index contributed by atoms with van der Waals surface area (Å²) < 4.78 is 80.5. The van der Waals surface area contributed by atoms with Crippen molar-refractivity contribution in [2.45, 2.75) is 153 Å². The van der Waals surface area contributed by atoms with E-state index in [1.54, 1.807) is 0 Å². The van der Waals surface area contributed by atoms with Crippen LogP contribution in [0.15, 0.2) is 0 Å². The topological polar surface area (TPSA) is 0 Å². The van der Waals surface area contributed by atoms with E-state index < -0.39 is 32.3 Å². The summed E-state index contributed by atoms with van der Waals surface area (Å²) >= 11 is 0. The second-order valence-corrected chi connectivity index (χ2v) is 22.4. The lowest BCUT2D eigenvalue weighted by Crippen LogP contribution is -2.48. The summed E-state index contributed by atoms with van der Waals surface area (Å²) in [6.45, 7) is 10.5. The van der Waals surface area contributed by atoms with Gasteiger partial charge in [0.25, 0.3) is 0 Å². The number of hydrogen-bond acceptors (Lipinski definition) is 0. The third-order valence-corrected chi connectivity index (χ3v) is 20.6. The van der Waals surface area contributed by atoms with Crippen molar-refractivity contribution in [3.63, 3.8) is 0 Å². The van der Waals surface area contributed by atoms with Gasteiger partial charge in [-0.05, 0) is 147 Å². The molecule has 0 bridgehead atoms. The van der Waals surface area contributed by atoms with Crippen LogP contribution in [0.25, 0.3) is 0 Å². The van der Waals surface area contributed by atoms with E-state index in [1.165, 1.54) is 51.4 Å². The molecule has 0 heterocycles. The van der Waals surface area contributed by atoms with Crippen molar-refractivity contribution in [3.8, 4) is 0 Å². The van der Waals surface area contributed by atoms with E-state index in [0.717, 1.165) is 48.6 Å². The van der Waals surface area contributed by atoms with Crippen LogP contribution in [0.2, 0.25) is 24.2 Å². The Morgan fingerprint density at radius 2 is 0.767 bits per heavy atom. The van der Waals surface area contributed by atoms with Crippen LogP contribution in [-0.4, -0.2) is 20.4 Å². The number of alkyl halides is 6. The van der Waals surface area contributed by atoms with Crippen molar-refractivity contribution in [2.24, 2.45) is 71.0 Å². The Hall–Kier alpha value is -0.203. The molecule has 6 saturated carbocycles. The predicted molar refractivity (Wildman–Crippen MR) is 164 cm³/mol. The van der Waals surface area contributed by atoms with Gasteiger partial charge in [-0.25, -0.2) is 0 Å². The zero-order valence-electron chi connectivity index (χ0n) is 27.2. The fourth-order valence-electron chi connectivity index (χ4n) is 14.0. The van der Waals surface area contributed by atoms with Crippen molar-refractivity contribution in [1.29, 1.82) is 0 Å². The zero-order chi connectivity index (χ0) is 30.9. The van der Waals surface area contributed by atoms with Crippen LogP contribution in [0.5, 0.6) is 0 Å². The number of hydrogen-bond donors (Lipinski definition) is 0. The summed E-state index contributed by atoms with van der Waals surface area (Å²) in [6, 6.07) is 0. The summed E-state index contributed by atoms with van der Waals surface area (Å²) in [7, 11) is -1.71. The Labute approximate surface area is 258 Å². The van der Waals surface area contributed by atoms with Crippen LogP contribution in [0.4, 0.5) is 26.3 Å². The summed E-state index contributed by atoms with van der Waals surface area (Å²) in [5, 5.41) is 0. The first kappa shape index (κ1) is 32.7. The van der Waals surface area contributed by atoms with E-state index in [9.17, 15) is 26.3 Å². The minimum absolute atomic E-state index is 0.336. The molecule has 0 spiro atoms. The molecule has 0 aromatic carbocycles.